The Morgan fingerprint density at radius 3 is 2.32 bits per heavy atom. The molecule has 2 aromatic rings. The molecule has 0 aliphatic carbocycles. The second-order valence-corrected chi connectivity index (χ2v) is 8.64. The molecule has 1 amide bonds. The Hall–Kier alpha value is -2.36. The molecule has 1 atom stereocenters. The van der Waals surface area contributed by atoms with Gasteiger partial charge in [0.1, 0.15) is 6.04 Å². The number of carbonyl (C=O) groups excluding carboxylic acids is 1. The van der Waals surface area contributed by atoms with Crippen molar-refractivity contribution in [3.63, 3.8) is 0 Å². The van der Waals surface area contributed by atoms with Crippen molar-refractivity contribution in [2.24, 2.45) is 0 Å². The standard InChI is InChI=1S/C17H17Cl2N3O5S/c1-3-16(17(23)20-13-5-4-6-14(10-13)22(24)25)21(28(2,26)27)15-8-11(18)7-12(19)9-15/h4-10,16H,3H2,1-2H3,(H,20,23)/t16-/m0/s1. The predicted octanol–water partition coefficient (Wildman–Crippen LogP) is 4.08. The number of nitro benzene ring substituents is 1. The first kappa shape index (κ1) is 21.9. The van der Waals surface area contributed by atoms with Crippen molar-refractivity contribution in [2.75, 3.05) is 15.9 Å². The molecule has 0 bridgehead atoms. The maximum Gasteiger partial charge on any atom is 0.271 e. The molecule has 11 heteroatoms. The van der Waals surface area contributed by atoms with Crippen LogP contribution in [0.15, 0.2) is 42.5 Å². The molecule has 0 aromatic heterocycles. The van der Waals surface area contributed by atoms with Gasteiger partial charge in [0, 0.05) is 27.9 Å². The Balaban J connectivity index is 2.42. The molecule has 8 nitrogen and oxygen atoms in total. The molecule has 28 heavy (non-hydrogen) atoms. The van der Waals surface area contributed by atoms with Gasteiger partial charge in [-0.05, 0) is 30.7 Å². The van der Waals surface area contributed by atoms with Crippen LogP contribution >= 0.6 is 23.2 Å². The average Bonchev–Trinajstić information content (AvgIpc) is 2.57. The zero-order valence-electron chi connectivity index (χ0n) is 14.9. The summed E-state index contributed by atoms with van der Waals surface area (Å²) in [5.41, 5.74) is 0.115. The molecule has 2 aromatic carbocycles. The highest BCUT2D eigenvalue weighted by Gasteiger charge is 2.32. The number of nitro groups is 1. The first-order chi connectivity index (χ1) is 13.0. The van der Waals surface area contributed by atoms with Gasteiger partial charge in [-0.1, -0.05) is 36.2 Å². The smallest absolute Gasteiger partial charge is 0.271 e. The Bertz CT molecular complexity index is 993. The second-order valence-electron chi connectivity index (χ2n) is 5.91. The third kappa shape index (κ3) is 5.34. The molecule has 2 rings (SSSR count). The molecule has 0 unspecified atom stereocenters. The lowest BCUT2D eigenvalue weighted by atomic mass is 10.1. The molecule has 0 heterocycles. The van der Waals surface area contributed by atoms with E-state index < -0.39 is 26.9 Å². The topological polar surface area (TPSA) is 110 Å². The van der Waals surface area contributed by atoms with Gasteiger partial charge in [0.15, 0.2) is 0 Å². The minimum Gasteiger partial charge on any atom is -0.324 e. The Labute approximate surface area is 172 Å². The number of hydrogen-bond donors (Lipinski definition) is 1. The summed E-state index contributed by atoms with van der Waals surface area (Å²) in [5.74, 6) is -0.649. The van der Waals surface area contributed by atoms with E-state index >= 15 is 0 Å². The lowest BCUT2D eigenvalue weighted by molar-refractivity contribution is -0.384. The number of rotatable bonds is 7. The van der Waals surface area contributed by atoms with Crippen molar-refractivity contribution in [1.82, 2.24) is 0 Å². The van der Waals surface area contributed by atoms with Crippen LogP contribution in [0.5, 0.6) is 0 Å². The molecule has 0 fully saturated rings. The quantitative estimate of drug-likeness (QED) is 0.509. The minimum absolute atomic E-state index is 0.137. The average molecular weight is 446 g/mol. The van der Waals surface area contributed by atoms with E-state index in [9.17, 15) is 23.3 Å². The van der Waals surface area contributed by atoms with E-state index in [0.717, 1.165) is 10.6 Å². The molecule has 0 aliphatic heterocycles. The van der Waals surface area contributed by atoms with E-state index in [0.29, 0.717) is 0 Å². The summed E-state index contributed by atoms with van der Waals surface area (Å²) < 4.78 is 25.8. The molecule has 150 valence electrons. The first-order valence-corrected chi connectivity index (χ1v) is 10.6. The highest BCUT2D eigenvalue weighted by Crippen LogP contribution is 2.30. The maximum atomic E-state index is 12.8. The fourth-order valence-electron chi connectivity index (χ4n) is 2.65. The van der Waals surface area contributed by atoms with Gasteiger partial charge < -0.3 is 5.32 Å². The molecule has 0 aliphatic rings. The van der Waals surface area contributed by atoms with Crippen LogP contribution in [0, 0.1) is 10.1 Å². The molecular formula is C17H17Cl2N3O5S. The third-order valence-corrected chi connectivity index (χ3v) is 5.37. The number of halogens is 2. The summed E-state index contributed by atoms with van der Waals surface area (Å²) in [5, 5.41) is 13.8. The number of anilines is 2. The predicted molar refractivity (Wildman–Crippen MR) is 110 cm³/mol. The molecule has 0 saturated carbocycles. The van der Waals surface area contributed by atoms with Gasteiger partial charge >= 0.3 is 0 Å². The van der Waals surface area contributed by atoms with Crippen molar-refractivity contribution >= 4 is 56.2 Å². The Morgan fingerprint density at radius 2 is 1.82 bits per heavy atom. The summed E-state index contributed by atoms with van der Waals surface area (Å²) >= 11 is 12.0. The first-order valence-electron chi connectivity index (χ1n) is 8.03. The monoisotopic (exact) mass is 445 g/mol. The van der Waals surface area contributed by atoms with Crippen LogP contribution in [0.3, 0.4) is 0 Å². The zero-order valence-corrected chi connectivity index (χ0v) is 17.3. The number of benzene rings is 2. The van der Waals surface area contributed by atoms with Crippen molar-refractivity contribution in [2.45, 2.75) is 19.4 Å². The zero-order chi connectivity index (χ0) is 21.1. The van der Waals surface area contributed by atoms with Crippen LogP contribution in [-0.4, -0.2) is 31.5 Å². The van der Waals surface area contributed by atoms with E-state index in [1.807, 2.05) is 0 Å². The van der Waals surface area contributed by atoms with Gasteiger partial charge in [-0.3, -0.25) is 19.2 Å². The minimum atomic E-state index is -3.87. The van der Waals surface area contributed by atoms with Gasteiger partial charge in [-0.25, -0.2) is 8.42 Å². The van der Waals surface area contributed by atoms with E-state index in [-0.39, 0.29) is 33.5 Å². The second kappa shape index (κ2) is 8.76. The van der Waals surface area contributed by atoms with Gasteiger partial charge in [-0.2, -0.15) is 0 Å². The molecule has 1 N–H and O–H groups in total. The van der Waals surface area contributed by atoms with Gasteiger partial charge in [0.05, 0.1) is 16.9 Å². The van der Waals surface area contributed by atoms with Crippen molar-refractivity contribution in [3.8, 4) is 0 Å². The number of hydrogen-bond acceptors (Lipinski definition) is 5. The summed E-state index contributed by atoms with van der Waals surface area (Å²) in [4.78, 5) is 23.1. The molecular weight excluding hydrogens is 429 g/mol. The van der Waals surface area contributed by atoms with E-state index in [1.165, 1.54) is 42.5 Å². The van der Waals surface area contributed by atoms with Crippen LogP contribution < -0.4 is 9.62 Å². The van der Waals surface area contributed by atoms with Crippen molar-refractivity contribution < 1.29 is 18.1 Å². The van der Waals surface area contributed by atoms with Crippen LogP contribution in [0.2, 0.25) is 10.0 Å². The maximum absolute atomic E-state index is 12.8. The van der Waals surface area contributed by atoms with Gasteiger partial charge in [0.25, 0.3) is 5.69 Å². The fourth-order valence-corrected chi connectivity index (χ4v) is 4.36. The normalized spacial score (nSPS) is 12.3. The summed E-state index contributed by atoms with van der Waals surface area (Å²) in [6, 6.07) is 8.45. The highest BCUT2D eigenvalue weighted by atomic mass is 35.5. The van der Waals surface area contributed by atoms with E-state index in [4.69, 9.17) is 23.2 Å². The summed E-state index contributed by atoms with van der Waals surface area (Å²) in [6.07, 6.45) is 1.10. The number of amides is 1. The Morgan fingerprint density at radius 1 is 1.21 bits per heavy atom. The Kier molecular flexibility index (Phi) is 6.87. The highest BCUT2D eigenvalue weighted by molar-refractivity contribution is 7.92. The van der Waals surface area contributed by atoms with Gasteiger partial charge in [-0.15, -0.1) is 0 Å². The number of sulfonamides is 1. The van der Waals surface area contributed by atoms with Crippen LogP contribution in [-0.2, 0) is 14.8 Å². The largest absolute Gasteiger partial charge is 0.324 e. The van der Waals surface area contributed by atoms with Crippen LogP contribution in [0.4, 0.5) is 17.1 Å². The number of nitrogens with one attached hydrogen (secondary N) is 1. The van der Waals surface area contributed by atoms with Crippen molar-refractivity contribution in [1.29, 1.82) is 0 Å². The van der Waals surface area contributed by atoms with Crippen LogP contribution in [0.25, 0.3) is 0 Å². The summed E-state index contributed by atoms with van der Waals surface area (Å²) in [6.45, 7) is 1.64. The lowest BCUT2D eigenvalue weighted by Gasteiger charge is -2.30. The van der Waals surface area contributed by atoms with E-state index in [1.54, 1.807) is 6.92 Å². The lowest BCUT2D eigenvalue weighted by Crippen LogP contribution is -2.47. The molecule has 0 saturated heterocycles. The fraction of sp³-hybridized carbons (Fsp3) is 0.235. The number of nitrogens with zero attached hydrogens (tertiary/aromatic N) is 2. The SMILES string of the molecule is CC[C@@H](C(=O)Nc1cccc([N+](=O)[O-])c1)N(c1cc(Cl)cc(Cl)c1)S(C)(=O)=O. The molecule has 0 radical (unpaired) electrons. The number of non-ortho nitro benzene ring substituents is 1. The van der Waals surface area contributed by atoms with E-state index in [2.05, 4.69) is 5.32 Å². The molecule has 0 spiro atoms. The van der Waals surface area contributed by atoms with Crippen molar-refractivity contribution in [3.05, 3.63) is 62.6 Å². The van der Waals surface area contributed by atoms with Gasteiger partial charge in [0.2, 0.25) is 15.9 Å². The van der Waals surface area contributed by atoms with Crippen LogP contribution in [0.1, 0.15) is 13.3 Å². The number of carbonyl (C=O) groups is 1. The summed E-state index contributed by atoms with van der Waals surface area (Å²) in [7, 11) is -3.87. The third-order valence-electron chi connectivity index (χ3n) is 3.76.